The molecule has 45 heavy (non-hydrogen) atoms. The zero-order valence-corrected chi connectivity index (χ0v) is 24.9. The van der Waals surface area contributed by atoms with Gasteiger partial charge in [-0.3, -0.25) is 24.9 Å². The molecular formula is C32H29ClN6O6. The van der Waals surface area contributed by atoms with E-state index in [1.807, 2.05) is 30.3 Å². The number of aromatic nitrogens is 2. The smallest absolute Gasteiger partial charge is 0.412 e. The van der Waals surface area contributed by atoms with Crippen molar-refractivity contribution in [1.29, 1.82) is 0 Å². The first-order valence-corrected chi connectivity index (χ1v) is 14.5. The molecule has 1 saturated heterocycles. The van der Waals surface area contributed by atoms with Crippen LogP contribution in [0.25, 0.3) is 11.3 Å². The van der Waals surface area contributed by atoms with Crippen LogP contribution in [0, 0.1) is 0 Å². The molecule has 1 spiro atoms. The van der Waals surface area contributed by atoms with Crippen LogP contribution in [0.1, 0.15) is 27.9 Å². The zero-order chi connectivity index (χ0) is 31.7. The standard InChI is InChI=1S/C32H29ClN6O6/c1-38(31(43)44)23-9-6-21(7-10-23)28(40)35-27(16-19-2-4-20(5-3-19)25-12-14-34-37-25)29(41)39-15-13-32(18-39)24-17-22(33)8-11-26(24)36-30(42)45-32/h2-12,14,17,27H,13,15-16,18H2,1H3,(H,34,37)(H,35,40)(H,36,42)(H,43,44)/t27-,32-/m0/s1. The molecule has 2 atom stereocenters. The van der Waals surface area contributed by atoms with E-state index in [4.69, 9.17) is 16.3 Å². The highest BCUT2D eigenvalue weighted by Gasteiger charge is 2.49. The van der Waals surface area contributed by atoms with E-state index in [0.29, 0.717) is 34.9 Å². The van der Waals surface area contributed by atoms with Gasteiger partial charge in [-0.05, 0) is 59.7 Å². The van der Waals surface area contributed by atoms with Crippen molar-refractivity contribution in [2.24, 2.45) is 0 Å². The summed E-state index contributed by atoms with van der Waals surface area (Å²) < 4.78 is 5.80. The van der Waals surface area contributed by atoms with Crippen molar-refractivity contribution in [3.05, 3.63) is 101 Å². The van der Waals surface area contributed by atoms with E-state index < -0.39 is 29.7 Å². The van der Waals surface area contributed by atoms with Crippen molar-refractivity contribution in [2.75, 3.05) is 30.4 Å². The van der Waals surface area contributed by atoms with Gasteiger partial charge in [0.15, 0.2) is 5.60 Å². The van der Waals surface area contributed by atoms with Crippen LogP contribution in [0.3, 0.4) is 0 Å². The summed E-state index contributed by atoms with van der Waals surface area (Å²) in [5.74, 6) is -0.829. The number of aromatic amines is 1. The molecule has 0 unspecified atom stereocenters. The molecule has 4 amide bonds. The van der Waals surface area contributed by atoms with Crippen LogP contribution in [0.2, 0.25) is 5.02 Å². The number of fused-ring (bicyclic) bond motifs is 2. The van der Waals surface area contributed by atoms with Gasteiger partial charge in [-0.25, -0.2) is 9.59 Å². The summed E-state index contributed by atoms with van der Waals surface area (Å²) >= 11 is 6.28. The van der Waals surface area contributed by atoms with Gasteiger partial charge in [-0.2, -0.15) is 5.10 Å². The minimum absolute atomic E-state index is 0.0912. The molecule has 0 saturated carbocycles. The van der Waals surface area contributed by atoms with Crippen LogP contribution in [0.15, 0.2) is 79.0 Å². The molecule has 0 aliphatic carbocycles. The molecule has 0 bridgehead atoms. The molecule has 4 N–H and O–H groups in total. The molecule has 4 aromatic rings. The number of H-pyrrole nitrogens is 1. The maximum atomic E-state index is 14.1. The van der Waals surface area contributed by atoms with Crippen LogP contribution in [-0.4, -0.2) is 70.4 Å². The van der Waals surface area contributed by atoms with Crippen LogP contribution >= 0.6 is 11.6 Å². The van der Waals surface area contributed by atoms with Crippen LogP contribution in [0.4, 0.5) is 21.0 Å². The van der Waals surface area contributed by atoms with Crippen molar-refractivity contribution < 1.29 is 29.0 Å². The van der Waals surface area contributed by atoms with Gasteiger partial charge in [0.1, 0.15) is 6.04 Å². The van der Waals surface area contributed by atoms with E-state index >= 15 is 0 Å². The predicted molar refractivity (Wildman–Crippen MR) is 166 cm³/mol. The second-order valence-electron chi connectivity index (χ2n) is 11.0. The summed E-state index contributed by atoms with van der Waals surface area (Å²) in [6.07, 6.45) is 0.468. The number of anilines is 2. The Hall–Kier alpha value is -5.36. The lowest BCUT2D eigenvalue weighted by Gasteiger charge is -2.35. The Morgan fingerprint density at radius 3 is 2.56 bits per heavy atom. The Morgan fingerprint density at radius 2 is 1.87 bits per heavy atom. The van der Waals surface area contributed by atoms with E-state index in [1.54, 1.807) is 29.3 Å². The first-order chi connectivity index (χ1) is 21.6. The summed E-state index contributed by atoms with van der Waals surface area (Å²) in [5.41, 5.74) is 3.41. The topological polar surface area (TPSA) is 157 Å². The van der Waals surface area contributed by atoms with Crippen molar-refractivity contribution in [3.8, 4) is 11.3 Å². The molecule has 3 heterocycles. The van der Waals surface area contributed by atoms with E-state index in [9.17, 15) is 24.3 Å². The van der Waals surface area contributed by atoms with Crippen molar-refractivity contribution in [1.82, 2.24) is 20.4 Å². The fourth-order valence-corrected chi connectivity index (χ4v) is 5.90. The van der Waals surface area contributed by atoms with Crippen LogP contribution < -0.4 is 15.5 Å². The van der Waals surface area contributed by atoms with Crippen molar-refractivity contribution >= 4 is 47.0 Å². The fourth-order valence-electron chi connectivity index (χ4n) is 5.73. The van der Waals surface area contributed by atoms with Gasteiger partial charge < -0.3 is 20.1 Å². The van der Waals surface area contributed by atoms with Gasteiger partial charge in [0, 0.05) is 54.5 Å². The maximum Gasteiger partial charge on any atom is 0.412 e. The number of nitrogens with one attached hydrogen (secondary N) is 3. The van der Waals surface area contributed by atoms with Gasteiger partial charge in [0.25, 0.3) is 5.91 Å². The number of hydrogen-bond acceptors (Lipinski definition) is 6. The number of rotatable bonds is 7. The molecule has 6 rings (SSSR count). The average Bonchev–Trinajstić information content (AvgIpc) is 3.72. The Morgan fingerprint density at radius 1 is 1.11 bits per heavy atom. The van der Waals surface area contributed by atoms with Crippen LogP contribution in [-0.2, 0) is 21.6 Å². The average molecular weight is 629 g/mol. The fraction of sp³-hybridized carbons (Fsp3) is 0.219. The van der Waals surface area contributed by atoms with Crippen molar-refractivity contribution in [3.63, 3.8) is 0 Å². The monoisotopic (exact) mass is 628 g/mol. The third-order valence-electron chi connectivity index (χ3n) is 8.15. The number of carboxylic acid groups (broad SMARTS) is 1. The first-order valence-electron chi connectivity index (χ1n) is 14.2. The highest BCUT2D eigenvalue weighted by atomic mass is 35.5. The molecule has 2 aliphatic rings. The molecule has 230 valence electrons. The Kier molecular flexibility index (Phi) is 7.90. The number of carbonyl (C=O) groups excluding carboxylic acids is 3. The van der Waals surface area contributed by atoms with Gasteiger partial charge in [0.2, 0.25) is 5.91 Å². The maximum absolute atomic E-state index is 14.1. The number of hydrogen-bond donors (Lipinski definition) is 4. The molecule has 2 aliphatic heterocycles. The second-order valence-corrected chi connectivity index (χ2v) is 11.4. The Bertz CT molecular complexity index is 1760. The molecule has 1 fully saturated rings. The minimum Gasteiger partial charge on any atom is -0.465 e. The lowest BCUT2D eigenvalue weighted by Crippen LogP contribution is -2.50. The van der Waals surface area contributed by atoms with E-state index in [2.05, 4.69) is 20.8 Å². The van der Waals surface area contributed by atoms with Crippen LogP contribution in [0.5, 0.6) is 0 Å². The Labute approximate surface area is 262 Å². The van der Waals surface area contributed by atoms with Gasteiger partial charge >= 0.3 is 12.2 Å². The van der Waals surface area contributed by atoms with E-state index in [-0.39, 0.29) is 24.4 Å². The Balaban J connectivity index is 1.25. The third-order valence-corrected chi connectivity index (χ3v) is 8.39. The zero-order valence-electron chi connectivity index (χ0n) is 24.1. The number of benzene rings is 3. The second kappa shape index (κ2) is 12.0. The predicted octanol–water partition coefficient (Wildman–Crippen LogP) is 4.88. The molecule has 3 aromatic carbocycles. The normalized spacial score (nSPS) is 17.6. The summed E-state index contributed by atoms with van der Waals surface area (Å²) in [5, 5.41) is 22.2. The number of likely N-dealkylation sites (tertiary alicyclic amines) is 1. The minimum atomic E-state index is -1.14. The molecular weight excluding hydrogens is 600 g/mol. The quantitative estimate of drug-likeness (QED) is 0.227. The summed E-state index contributed by atoms with van der Waals surface area (Å²) in [6.45, 7) is 0.382. The number of nitrogens with zero attached hydrogens (tertiary/aromatic N) is 3. The number of carbonyl (C=O) groups is 4. The molecule has 12 nitrogen and oxygen atoms in total. The van der Waals surface area contributed by atoms with Crippen molar-refractivity contribution in [2.45, 2.75) is 24.5 Å². The van der Waals surface area contributed by atoms with Gasteiger partial charge in [-0.1, -0.05) is 35.9 Å². The third kappa shape index (κ3) is 6.04. The van der Waals surface area contributed by atoms with E-state index in [0.717, 1.165) is 21.7 Å². The lowest BCUT2D eigenvalue weighted by atomic mass is 9.90. The number of amides is 4. The largest absolute Gasteiger partial charge is 0.465 e. The van der Waals surface area contributed by atoms with Gasteiger partial charge in [0.05, 0.1) is 17.9 Å². The lowest BCUT2D eigenvalue weighted by molar-refractivity contribution is -0.133. The summed E-state index contributed by atoms with van der Waals surface area (Å²) in [7, 11) is 1.40. The van der Waals surface area contributed by atoms with E-state index in [1.165, 1.54) is 31.3 Å². The highest BCUT2D eigenvalue weighted by molar-refractivity contribution is 6.30. The number of ether oxygens (including phenoxy) is 1. The molecule has 0 radical (unpaired) electrons. The SMILES string of the molecule is CN(C(=O)O)c1ccc(C(=O)N[C@@H](Cc2ccc(-c3ccn[nH]3)cc2)C(=O)N2CC[C@@]3(C2)OC(=O)Nc2ccc(Cl)cc23)cc1. The van der Waals surface area contributed by atoms with Gasteiger partial charge in [-0.15, -0.1) is 0 Å². The number of halogens is 1. The molecule has 13 heteroatoms. The summed E-state index contributed by atoms with van der Waals surface area (Å²) in [4.78, 5) is 53.9. The first kappa shape index (κ1) is 29.7. The highest BCUT2D eigenvalue weighted by Crippen LogP contribution is 2.44. The molecule has 1 aromatic heterocycles. The summed E-state index contributed by atoms with van der Waals surface area (Å²) in [6, 6.07) is 19.6.